The van der Waals surface area contributed by atoms with Crippen molar-refractivity contribution in [2.45, 2.75) is 0 Å². The summed E-state index contributed by atoms with van der Waals surface area (Å²) in [5.41, 5.74) is 9.97. The first-order valence-electron chi connectivity index (χ1n) is 17.8. The monoisotopic (exact) mass is 662 g/mol. The molecule has 242 valence electrons. The standard InChI is InChI=1S/C50H30O2/c1-2-14-31(15-3-1)46-34-16-4-6-18-36(34)47(37-19-7-5-17-35(37)46)32-27-28-33-42-24-12-25-43(50(42)52-45(33)30-32)48-38-20-8-10-22-40(38)49(44-26-13-29-51-44)41-23-11-9-21-39(41)48/h1-30H. The van der Waals surface area contributed by atoms with E-state index in [0.717, 1.165) is 65.9 Å². The lowest BCUT2D eigenvalue weighted by atomic mass is 9.86. The number of benzene rings is 9. The third-order valence-corrected chi connectivity index (χ3v) is 10.7. The Labute approximate surface area is 299 Å². The van der Waals surface area contributed by atoms with E-state index in [-0.39, 0.29) is 0 Å². The van der Waals surface area contributed by atoms with Crippen LogP contribution < -0.4 is 0 Å². The molecule has 0 amide bonds. The van der Waals surface area contributed by atoms with Crippen molar-refractivity contribution in [3.63, 3.8) is 0 Å². The third kappa shape index (κ3) is 4.19. The summed E-state index contributed by atoms with van der Waals surface area (Å²) in [5, 5.41) is 11.8. The smallest absolute Gasteiger partial charge is 0.143 e. The zero-order chi connectivity index (χ0) is 34.2. The van der Waals surface area contributed by atoms with Crippen LogP contribution in [0.5, 0.6) is 0 Å². The molecule has 0 N–H and O–H groups in total. The maximum Gasteiger partial charge on any atom is 0.143 e. The molecule has 0 aliphatic rings. The molecule has 0 fully saturated rings. The van der Waals surface area contributed by atoms with Gasteiger partial charge in [-0.25, -0.2) is 0 Å². The van der Waals surface area contributed by atoms with Gasteiger partial charge in [-0.2, -0.15) is 0 Å². The van der Waals surface area contributed by atoms with Crippen molar-refractivity contribution >= 4 is 65.0 Å². The molecule has 0 aliphatic heterocycles. The van der Waals surface area contributed by atoms with Gasteiger partial charge in [-0.15, -0.1) is 0 Å². The van der Waals surface area contributed by atoms with E-state index in [2.05, 4.69) is 164 Å². The summed E-state index contributed by atoms with van der Waals surface area (Å²) in [6.07, 6.45) is 1.75. The van der Waals surface area contributed by atoms with E-state index in [1.165, 1.54) is 43.8 Å². The van der Waals surface area contributed by atoms with Crippen LogP contribution in [0.2, 0.25) is 0 Å². The molecule has 0 unspecified atom stereocenters. The number of hydrogen-bond acceptors (Lipinski definition) is 2. The molecule has 0 spiro atoms. The Morgan fingerprint density at radius 2 is 0.808 bits per heavy atom. The Bertz CT molecular complexity index is 3050. The summed E-state index contributed by atoms with van der Waals surface area (Å²) in [6, 6.07) is 63.0. The highest BCUT2D eigenvalue weighted by Crippen LogP contribution is 2.48. The first-order valence-corrected chi connectivity index (χ1v) is 17.8. The van der Waals surface area contributed by atoms with Gasteiger partial charge in [-0.3, -0.25) is 0 Å². The SMILES string of the molecule is c1ccc(-c2c3ccccc3c(-c3ccc4c(c3)oc3c(-c5c6ccccc6c(-c6ccco6)c6ccccc56)cccc34)c3ccccc23)cc1. The minimum atomic E-state index is 0.866. The van der Waals surface area contributed by atoms with Crippen LogP contribution in [-0.4, -0.2) is 0 Å². The van der Waals surface area contributed by atoms with Crippen molar-refractivity contribution in [2.24, 2.45) is 0 Å². The molecule has 11 rings (SSSR count). The lowest BCUT2D eigenvalue weighted by Gasteiger charge is -2.17. The van der Waals surface area contributed by atoms with Crippen molar-refractivity contribution in [1.29, 1.82) is 0 Å². The van der Waals surface area contributed by atoms with Gasteiger partial charge in [0.25, 0.3) is 0 Å². The van der Waals surface area contributed by atoms with Gasteiger partial charge in [0.1, 0.15) is 16.9 Å². The molecule has 2 aromatic heterocycles. The highest BCUT2D eigenvalue weighted by atomic mass is 16.3. The Morgan fingerprint density at radius 3 is 1.37 bits per heavy atom. The molecule has 0 radical (unpaired) electrons. The van der Waals surface area contributed by atoms with Gasteiger partial charge in [0.05, 0.1) is 6.26 Å². The van der Waals surface area contributed by atoms with Gasteiger partial charge in [-0.05, 0) is 89.6 Å². The second kappa shape index (κ2) is 11.3. The van der Waals surface area contributed by atoms with Gasteiger partial charge in [-0.1, -0.05) is 152 Å². The fourth-order valence-electron chi connectivity index (χ4n) is 8.61. The van der Waals surface area contributed by atoms with Crippen LogP contribution in [0.1, 0.15) is 0 Å². The average molecular weight is 663 g/mol. The second-order valence-corrected chi connectivity index (χ2v) is 13.5. The van der Waals surface area contributed by atoms with E-state index in [1.807, 2.05) is 12.1 Å². The summed E-state index contributed by atoms with van der Waals surface area (Å²) in [7, 11) is 0. The number of furan rings is 2. The molecule has 52 heavy (non-hydrogen) atoms. The number of fused-ring (bicyclic) bond motifs is 7. The predicted octanol–water partition coefficient (Wildman–Crippen LogP) is 14.5. The van der Waals surface area contributed by atoms with E-state index in [1.54, 1.807) is 6.26 Å². The van der Waals surface area contributed by atoms with Crippen molar-refractivity contribution in [3.8, 4) is 44.7 Å². The maximum atomic E-state index is 7.00. The maximum absolute atomic E-state index is 7.00. The number of para-hydroxylation sites is 1. The average Bonchev–Trinajstić information content (AvgIpc) is 3.88. The highest BCUT2D eigenvalue weighted by Gasteiger charge is 2.22. The summed E-state index contributed by atoms with van der Waals surface area (Å²) in [5.74, 6) is 0.866. The Kier molecular flexibility index (Phi) is 6.28. The van der Waals surface area contributed by atoms with Gasteiger partial charge in [0.15, 0.2) is 0 Å². The van der Waals surface area contributed by atoms with Crippen LogP contribution in [0.25, 0.3) is 110 Å². The third-order valence-electron chi connectivity index (χ3n) is 10.7. The van der Waals surface area contributed by atoms with Crippen LogP contribution in [0.4, 0.5) is 0 Å². The van der Waals surface area contributed by atoms with E-state index < -0.39 is 0 Å². The molecular formula is C50H30O2. The Morgan fingerprint density at radius 1 is 0.308 bits per heavy atom. The molecule has 11 aromatic rings. The molecule has 0 saturated carbocycles. The summed E-state index contributed by atoms with van der Waals surface area (Å²) >= 11 is 0. The van der Waals surface area contributed by atoms with Crippen LogP contribution in [0.15, 0.2) is 191 Å². The first kappa shape index (κ1) is 28.9. The van der Waals surface area contributed by atoms with Crippen molar-refractivity contribution in [1.82, 2.24) is 0 Å². The van der Waals surface area contributed by atoms with Crippen LogP contribution in [0.3, 0.4) is 0 Å². The zero-order valence-corrected chi connectivity index (χ0v) is 28.1. The lowest BCUT2D eigenvalue weighted by molar-refractivity contribution is 0.583. The zero-order valence-electron chi connectivity index (χ0n) is 28.1. The highest BCUT2D eigenvalue weighted by molar-refractivity contribution is 6.25. The molecular weight excluding hydrogens is 633 g/mol. The lowest BCUT2D eigenvalue weighted by Crippen LogP contribution is -1.90. The topological polar surface area (TPSA) is 26.3 Å². The van der Waals surface area contributed by atoms with Crippen LogP contribution in [0, 0.1) is 0 Å². The summed E-state index contributed by atoms with van der Waals surface area (Å²) in [6.45, 7) is 0. The Balaban J connectivity index is 1.18. The molecule has 0 bridgehead atoms. The number of hydrogen-bond donors (Lipinski definition) is 0. The quantitative estimate of drug-likeness (QED) is 0.175. The summed E-state index contributed by atoms with van der Waals surface area (Å²) in [4.78, 5) is 0. The van der Waals surface area contributed by atoms with Gasteiger partial charge < -0.3 is 8.83 Å². The van der Waals surface area contributed by atoms with Gasteiger partial charge in [0.2, 0.25) is 0 Å². The summed E-state index contributed by atoms with van der Waals surface area (Å²) < 4.78 is 13.0. The molecule has 9 aromatic carbocycles. The molecule has 0 aliphatic carbocycles. The fourth-order valence-corrected chi connectivity index (χ4v) is 8.61. The first-order chi connectivity index (χ1) is 25.8. The molecule has 0 atom stereocenters. The van der Waals surface area contributed by atoms with E-state index in [0.29, 0.717) is 0 Å². The van der Waals surface area contributed by atoms with E-state index in [4.69, 9.17) is 8.83 Å². The predicted molar refractivity (Wildman–Crippen MR) is 218 cm³/mol. The number of rotatable bonds is 4. The van der Waals surface area contributed by atoms with Gasteiger partial charge >= 0.3 is 0 Å². The van der Waals surface area contributed by atoms with Gasteiger partial charge in [0, 0.05) is 27.5 Å². The minimum Gasteiger partial charge on any atom is -0.464 e. The van der Waals surface area contributed by atoms with Crippen molar-refractivity contribution < 1.29 is 8.83 Å². The largest absolute Gasteiger partial charge is 0.464 e. The molecule has 2 heterocycles. The fraction of sp³-hybridized carbons (Fsp3) is 0. The van der Waals surface area contributed by atoms with E-state index in [9.17, 15) is 0 Å². The van der Waals surface area contributed by atoms with E-state index >= 15 is 0 Å². The minimum absolute atomic E-state index is 0.866. The van der Waals surface area contributed by atoms with Crippen LogP contribution >= 0.6 is 0 Å². The molecule has 2 nitrogen and oxygen atoms in total. The normalized spacial score (nSPS) is 11.8. The van der Waals surface area contributed by atoms with Crippen molar-refractivity contribution in [2.75, 3.05) is 0 Å². The second-order valence-electron chi connectivity index (χ2n) is 13.5. The Hall–Kier alpha value is -6.90. The van der Waals surface area contributed by atoms with Crippen molar-refractivity contribution in [3.05, 3.63) is 182 Å². The molecule has 0 saturated heterocycles. The van der Waals surface area contributed by atoms with Crippen LogP contribution in [-0.2, 0) is 0 Å². The molecule has 2 heteroatoms.